The first-order valence-electron chi connectivity index (χ1n) is 5.96. The van der Waals surface area contributed by atoms with Crippen LogP contribution in [0.3, 0.4) is 0 Å². The van der Waals surface area contributed by atoms with Crippen LogP contribution >= 0.6 is 0 Å². The Labute approximate surface area is 97.3 Å². The molecule has 1 unspecified atom stereocenters. The topological polar surface area (TPSA) is 20.2 Å². The van der Waals surface area contributed by atoms with E-state index in [-0.39, 0.29) is 5.82 Å². The summed E-state index contributed by atoms with van der Waals surface area (Å²) < 4.78 is 13.4. The highest BCUT2D eigenvalue weighted by Gasteiger charge is 2.22. The van der Waals surface area contributed by atoms with Crippen LogP contribution in [0.25, 0.3) is 0 Å². The van der Waals surface area contributed by atoms with Gasteiger partial charge in [0.2, 0.25) is 0 Å². The Kier molecular flexibility index (Phi) is 4.48. The smallest absolute Gasteiger partial charge is 0.126 e. The molecule has 0 amide bonds. The van der Waals surface area contributed by atoms with E-state index in [9.17, 15) is 9.50 Å². The number of hydrogen-bond acceptors (Lipinski definition) is 1. The van der Waals surface area contributed by atoms with Crippen molar-refractivity contribution in [2.75, 3.05) is 0 Å². The van der Waals surface area contributed by atoms with Crippen LogP contribution in [0.4, 0.5) is 4.39 Å². The molecule has 0 aliphatic rings. The molecule has 1 aromatic rings. The Morgan fingerprint density at radius 3 is 2.56 bits per heavy atom. The van der Waals surface area contributed by atoms with Crippen LogP contribution in [0.15, 0.2) is 18.2 Å². The SMILES string of the molecule is CCCCCC(C)(O)c1ccc(C)c(F)c1. The summed E-state index contributed by atoms with van der Waals surface area (Å²) in [4.78, 5) is 0. The molecule has 0 saturated carbocycles. The van der Waals surface area contributed by atoms with Crippen LogP contribution in [0.2, 0.25) is 0 Å². The Morgan fingerprint density at radius 1 is 1.31 bits per heavy atom. The summed E-state index contributed by atoms with van der Waals surface area (Å²) in [6.07, 6.45) is 3.88. The molecule has 0 aromatic heterocycles. The number of benzene rings is 1. The third-order valence-corrected chi connectivity index (χ3v) is 3.06. The van der Waals surface area contributed by atoms with Gasteiger partial charge in [0.05, 0.1) is 5.60 Å². The molecular formula is C14H21FO. The standard InChI is InChI=1S/C14H21FO/c1-4-5-6-9-14(3,16)12-8-7-11(2)13(15)10-12/h7-8,10,16H,4-6,9H2,1-3H3. The molecule has 1 rings (SSSR count). The number of hydrogen-bond donors (Lipinski definition) is 1. The van der Waals surface area contributed by atoms with Gasteiger partial charge < -0.3 is 5.11 Å². The third kappa shape index (κ3) is 3.31. The van der Waals surface area contributed by atoms with E-state index in [0.717, 1.165) is 19.3 Å². The molecule has 0 bridgehead atoms. The Morgan fingerprint density at radius 2 is 2.00 bits per heavy atom. The molecule has 0 heterocycles. The van der Waals surface area contributed by atoms with Crippen molar-refractivity contribution in [3.05, 3.63) is 35.1 Å². The maximum absolute atomic E-state index is 13.4. The Hall–Kier alpha value is -0.890. The van der Waals surface area contributed by atoms with Gasteiger partial charge in [-0.15, -0.1) is 0 Å². The minimum Gasteiger partial charge on any atom is -0.385 e. The number of halogens is 1. The zero-order chi connectivity index (χ0) is 12.2. The van der Waals surface area contributed by atoms with Gasteiger partial charge in [-0.3, -0.25) is 0 Å². The van der Waals surface area contributed by atoms with Crippen molar-refractivity contribution in [2.45, 2.75) is 52.1 Å². The zero-order valence-electron chi connectivity index (χ0n) is 10.4. The van der Waals surface area contributed by atoms with E-state index in [1.807, 2.05) is 6.07 Å². The maximum Gasteiger partial charge on any atom is 0.126 e. The highest BCUT2D eigenvalue weighted by molar-refractivity contribution is 5.27. The van der Waals surface area contributed by atoms with Crippen LogP contribution in [-0.2, 0) is 5.60 Å². The normalized spacial score (nSPS) is 14.8. The third-order valence-electron chi connectivity index (χ3n) is 3.06. The predicted octanol–water partition coefficient (Wildman–Crippen LogP) is 3.92. The zero-order valence-corrected chi connectivity index (χ0v) is 10.4. The van der Waals surface area contributed by atoms with Crippen molar-refractivity contribution in [1.82, 2.24) is 0 Å². The van der Waals surface area contributed by atoms with Gasteiger partial charge in [0.1, 0.15) is 5.82 Å². The molecule has 1 N–H and O–H groups in total. The summed E-state index contributed by atoms with van der Waals surface area (Å²) in [5, 5.41) is 10.3. The molecule has 0 aliphatic carbocycles. The quantitative estimate of drug-likeness (QED) is 0.751. The Balaban J connectivity index is 2.76. The van der Waals surface area contributed by atoms with Crippen molar-refractivity contribution in [2.24, 2.45) is 0 Å². The lowest BCUT2D eigenvalue weighted by atomic mass is 9.89. The van der Waals surface area contributed by atoms with Crippen molar-refractivity contribution < 1.29 is 9.50 Å². The molecule has 0 fully saturated rings. The second-order valence-corrected chi connectivity index (χ2v) is 4.69. The van der Waals surface area contributed by atoms with Crippen molar-refractivity contribution in [3.8, 4) is 0 Å². The number of rotatable bonds is 5. The summed E-state index contributed by atoms with van der Waals surface area (Å²) in [6.45, 7) is 5.61. The van der Waals surface area contributed by atoms with E-state index in [1.165, 1.54) is 6.07 Å². The fraction of sp³-hybridized carbons (Fsp3) is 0.571. The monoisotopic (exact) mass is 224 g/mol. The van der Waals surface area contributed by atoms with Gasteiger partial charge in [0, 0.05) is 0 Å². The second-order valence-electron chi connectivity index (χ2n) is 4.69. The molecule has 1 atom stereocenters. The summed E-state index contributed by atoms with van der Waals surface area (Å²) in [6, 6.07) is 4.98. The molecule has 90 valence electrons. The van der Waals surface area contributed by atoms with Gasteiger partial charge in [-0.05, 0) is 37.5 Å². The van der Waals surface area contributed by atoms with Gasteiger partial charge in [0.25, 0.3) is 0 Å². The first kappa shape index (κ1) is 13.2. The number of unbranched alkanes of at least 4 members (excludes halogenated alkanes) is 2. The lowest BCUT2D eigenvalue weighted by Gasteiger charge is -2.24. The summed E-state index contributed by atoms with van der Waals surface area (Å²) >= 11 is 0. The Bertz CT molecular complexity index is 345. The average Bonchev–Trinajstić information content (AvgIpc) is 2.22. The molecule has 2 heteroatoms. The lowest BCUT2D eigenvalue weighted by molar-refractivity contribution is 0.0446. The van der Waals surface area contributed by atoms with Crippen LogP contribution < -0.4 is 0 Å². The molecule has 16 heavy (non-hydrogen) atoms. The minimum atomic E-state index is -0.913. The van der Waals surface area contributed by atoms with E-state index in [2.05, 4.69) is 6.92 Å². The van der Waals surface area contributed by atoms with Gasteiger partial charge >= 0.3 is 0 Å². The molecule has 1 aromatic carbocycles. The fourth-order valence-electron chi connectivity index (χ4n) is 1.79. The maximum atomic E-state index is 13.4. The highest BCUT2D eigenvalue weighted by Crippen LogP contribution is 2.28. The predicted molar refractivity (Wildman–Crippen MR) is 64.8 cm³/mol. The van der Waals surface area contributed by atoms with Gasteiger partial charge in [-0.25, -0.2) is 4.39 Å². The van der Waals surface area contributed by atoms with Gasteiger partial charge in [-0.2, -0.15) is 0 Å². The highest BCUT2D eigenvalue weighted by atomic mass is 19.1. The average molecular weight is 224 g/mol. The molecule has 0 spiro atoms. The molecular weight excluding hydrogens is 203 g/mol. The molecule has 0 aliphatic heterocycles. The fourth-order valence-corrected chi connectivity index (χ4v) is 1.79. The largest absolute Gasteiger partial charge is 0.385 e. The summed E-state index contributed by atoms with van der Waals surface area (Å²) in [5.74, 6) is -0.242. The van der Waals surface area contributed by atoms with Crippen LogP contribution in [0, 0.1) is 12.7 Å². The van der Waals surface area contributed by atoms with E-state index in [4.69, 9.17) is 0 Å². The van der Waals surface area contributed by atoms with Crippen molar-refractivity contribution in [1.29, 1.82) is 0 Å². The molecule has 0 saturated heterocycles. The molecule has 0 radical (unpaired) electrons. The van der Waals surface area contributed by atoms with E-state index >= 15 is 0 Å². The van der Waals surface area contributed by atoms with Crippen LogP contribution in [0.5, 0.6) is 0 Å². The second kappa shape index (κ2) is 5.44. The summed E-state index contributed by atoms with van der Waals surface area (Å²) in [5.41, 5.74) is 0.379. The van der Waals surface area contributed by atoms with E-state index < -0.39 is 5.60 Å². The minimum absolute atomic E-state index is 0.242. The first-order valence-corrected chi connectivity index (χ1v) is 5.96. The van der Waals surface area contributed by atoms with Crippen LogP contribution in [-0.4, -0.2) is 5.11 Å². The van der Waals surface area contributed by atoms with E-state index in [0.29, 0.717) is 17.5 Å². The lowest BCUT2D eigenvalue weighted by Crippen LogP contribution is -2.21. The molecule has 1 nitrogen and oxygen atoms in total. The summed E-state index contributed by atoms with van der Waals surface area (Å²) in [7, 11) is 0. The van der Waals surface area contributed by atoms with Crippen LogP contribution in [0.1, 0.15) is 50.7 Å². The van der Waals surface area contributed by atoms with Crippen molar-refractivity contribution in [3.63, 3.8) is 0 Å². The van der Waals surface area contributed by atoms with Crippen molar-refractivity contribution >= 4 is 0 Å². The first-order chi connectivity index (χ1) is 7.47. The van der Waals surface area contributed by atoms with Gasteiger partial charge in [0.15, 0.2) is 0 Å². The van der Waals surface area contributed by atoms with Gasteiger partial charge in [-0.1, -0.05) is 38.3 Å². The number of aliphatic hydroxyl groups is 1. The number of aryl methyl sites for hydroxylation is 1. The van der Waals surface area contributed by atoms with E-state index in [1.54, 1.807) is 19.9 Å².